The quantitative estimate of drug-likeness (QED) is 0.0204. The Labute approximate surface area is 658 Å². The molecule has 0 aliphatic heterocycles. The van der Waals surface area contributed by atoms with Gasteiger partial charge in [0, 0.05) is 68.0 Å². The van der Waals surface area contributed by atoms with E-state index in [1.165, 1.54) is 14.6 Å². The van der Waals surface area contributed by atoms with Gasteiger partial charge in [0.2, 0.25) is 0 Å². The number of aromatic nitrogens is 6. The molecule has 6 heterocycles. The minimum atomic E-state index is -2.14. The maximum Gasteiger partial charge on any atom is 0.199 e. The summed E-state index contributed by atoms with van der Waals surface area (Å²) in [6.45, 7) is 49.9. The van der Waals surface area contributed by atoms with Gasteiger partial charge in [-0.3, -0.25) is 14.4 Å². The topological polar surface area (TPSA) is 171 Å². The Balaban J connectivity index is 0.000000189. The summed E-state index contributed by atoms with van der Waals surface area (Å²) < 4.78 is 37.7. The Morgan fingerprint density at radius 2 is 0.722 bits per heavy atom. The van der Waals surface area contributed by atoms with Crippen LogP contribution in [0.2, 0.25) is 49.9 Å². The lowest BCUT2D eigenvalue weighted by atomic mass is 10.0. The van der Waals surface area contributed by atoms with E-state index in [2.05, 4.69) is 178 Å². The standard InChI is InChI=1S/C32H40N2O3Si.C25H34N2O3Si.C16H25IN2Si.C16H16O3/c1-8-36-31-27(16-12-18-29(31)37-21-25-14-10-9-11-15-25)30(35)28-20-34(32-26(28)17-13-19-33-32)38(22(2)3,23(4)5)24(6)7;1-8-30-24-20(11-9-13-22(24)28)23(29)21-15-27(25-19(21)12-10-14-26-25)31(16(2)3,17(4)5)18(6)7;1-11(2)20(12(3)4,13(5)6)19-10-15(17)14-8-7-9-18-16(14)19;1-2-18-16-14(11-17)9-6-10-15(16)19-12-13-7-4-3-5-8-13/h9-20,22-24H,8,21H2,1-7H3;9-18,28H,8H2,1-7H3;7-13H,1-6H3;3-11H,2,12H2,1H3. The number of carbonyl (C=O) groups is 3. The second-order valence-corrected chi connectivity index (χ2v) is 48.8. The van der Waals surface area contributed by atoms with E-state index in [1.54, 1.807) is 42.6 Å². The fraction of sp³-hybridized carbons (Fsp3) is 0.393. The summed E-state index contributed by atoms with van der Waals surface area (Å²) in [5.74, 6) is 2.14. The molecule has 0 atom stereocenters. The van der Waals surface area contributed by atoms with Gasteiger partial charge < -0.3 is 41.5 Å². The number of aromatic hydroxyl groups is 1. The largest absolute Gasteiger partial charge is 0.504 e. The Morgan fingerprint density at radius 1 is 0.389 bits per heavy atom. The van der Waals surface area contributed by atoms with Crippen molar-refractivity contribution in [3.8, 4) is 34.5 Å². The van der Waals surface area contributed by atoms with Gasteiger partial charge in [-0.25, -0.2) is 15.0 Å². The number of aldehydes is 1. The highest BCUT2D eigenvalue weighted by atomic mass is 127. The monoisotopic (exact) mass is 1620 g/mol. The molecule has 11 rings (SSSR count). The normalized spacial score (nSPS) is 12.0. The van der Waals surface area contributed by atoms with Crippen molar-refractivity contribution in [3.63, 3.8) is 0 Å². The third-order valence-corrected chi connectivity index (χ3v) is 42.7. The van der Waals surface area contributed by atoms with Crippen LogP contribution in [-0.4, -0.2) is 95.1 Å². The van der Waals surface area contributed by atoms with Crippen LogP contribution in [0.4, 0.5) is 0 Å². The number of carbonyl (C=O) groups excluding carboxylic acids is 3. The Hall–Kier alpha value is -8.64. The van der Waals surface area contributed by atoms with Gasteiger partial charge in [-0.15, -0.1) is 0 Å². The van der Waals surface area contributed by atoms with Crippen LogP contribution in [0.1, 0.15) is 199 Å². The Morgan fingerprint density at radius 3 is 1.11 bits per heavy atom. The molecule has 0 radical (unpaired) electrons. The molecule has 0 unspecified atom stereocenters. The molecule has 19 heteroatoms. The van der Waals surface area contributed by atoms with Crippen LogP contribution < -0.4 is 23.7 Å². The van der Waals surface area contributed by atoms with E-state index in [4.69, 9.17) is 38.6 Å². The van der Waals surface area contributed by atoms with Crippen molar-refractivity contribution in [3.05, 3.63) is 231 Å². The highest BCUT2D eigenvalue weighted by Crippen LogP contribution is 2.49. The fourth-order valence-electron chi connectivity index (χ4n) is 17.8. The zero-order chi connectivity index (χ0) is 78.9. The van der Waals surface area contributed by atoms with Crippen LogP contribution in [0.5, 0.6) is 34.5 Å². The first kappa shape index (κ1) is 85.0. The smallest absolute Gasteiger partial charge is 0.199 e. The molecule has 6 aromatic heterocycles. The first-order chi connectivity index (χ1) is 51.6. The van der Waals surface area contributed by atoms with E-state index >= 15 is 0 Å². The average molecular weight is 1620 g/mol. The van der Waals surface area contributed by atoms with E-state index in [0.717, 1.165) is 39.5 Å². The molecule has 0 aliphatic rings. The number of para-hydroxylation sites is 3. The highest BCUT2D eigenvalue weighted by molar-refractivity contribution is 14.1. The lowest BCUT2D eigenvalue weighted by Crippen LogP contribution is -2.51. The van der Waals surface area contributed by atoms with Crippen molar-refractivity contribution in [2.75, 3.05) is 19.8 Å². The van der Waals surface area contributed by atoms with Crippen molar-refractivity contribution in [2.45, 2.75) is 208 Å². The number of halogens is 1. The molecule has 574 valence electrons. The van der Waals surface area contributed by atoms with Crippen LogP contribution in [-0.2, 0) is 13.2 Å². The van der Waals surface area contributed by atoms with Crippen molar-refractivity contribution in [1.82, 2.24) is 27.6 Å². The molecule has 108 heavy (non-hydrogen) atoms. The predicted molar refractivity (Wildman–Crippen MR) is 460 cm³/mol. The lowest BCUT2D eigenvalue weighted by Gasteiger charge is -2.44. The zero-order valence-electron chi connectivity index (χ0n) is 67.5. The van der Waals surface area contributed by atoms with Crippen LogP contribution in [0.15, 0.2) is 189 Å². The van der Waals surface area contributed by atoms with Gasteiger partial charge in [0.15, 0.2) is 77.1 Å². The van der Waals surface area contributed by atoms with Crippen LogP contribution in [0, 0.1) is 3.57 Å². The number of nitrogens with zero attached hydrogens (tertiary/aromatic N) is 6. The maximum absolute atomic E-state index is 14.3. The number of phenolic OH excluding ortho intramolecular Hbond substituents is 1. The van der Waals surface area contributed by atoms with Gasteiger partial charge in [-0.1, -0.05) is 203 Å². The second kappa shape index (κ2) is 38.1. The molecule has 15 nitrogen and oxygen atoms in total. The fourth-order valence-corrected chi connectivity index (χ4v) is 38.5. The summed E-state index contributed by atoms with van der Waals surface area (Å²) in [6, 6.07) is 47.7. The molecule has 0 amide bonds. The zero-order valence-corrected chi connectivity index (χ0v) is 72.6. The minimum Gasteiger partial charge on any atom is -0.504 e. The van der Waals surface area contributed by atoms with Gasteiger partial charge in [-0.05, 0) is 177 Å². The van der Waals surface area contributed by atoms with Gasteiger partial charge in [0.05, 0.1) is 36.5 Å². The van der Waals surface area contributed by atoms with E-state index in [9.17, 15) is 19.5 Å². The van der Waals surface area contributed by atoms with Gasteiger partial charge in [-0.2, -0.15) is 0 Å². The average Bonchev–Trinajstić information content (AvgIpc) is 1.57. The van der Waals surface area contributed by atoms with E-state index in [-0.39, 0.29) is 23.1 Å². The molecule has 0 aliphatic carbocycles. The third-order valence-electron chi connectivity index (χ3n) is 21.6. The van der Waals surface area contributed by atoms with Crippen molar-refractivity contribution in [1.29, 1.82) is 0 Å². The van der Waals surface area contributed by atoms with E-state index in [1.807, 2.05) is 149 Å². The molecule has 11 aromatic rings. The molecule has 0 saturated carbocycles. The number of ether oxygens (including phenoxy) is 5. The number of hydrogen-bond acceptors (Lipinski definition) is 12. The second-order valence-electron chi connectivity index (χ2n) is 30.4. The summed E-state index contributed by atoms with van der Waals surface area (Å²) >= 11 is 2.45. The summed E-state index contributed by atoms with van der Waals surface area (Å²) in [5.41, 5.74) is 12.6. The first-order valence-electron chi connectivity index (χ1n) is 38.5. The molecular formula is C89H115IN6O9Si3. The summed E-state index contributed by atoms with van der Waals surface area (Å²) in [6.07, 6.45) is 12.8. The summed E-state index contributed by atoms with van der Waals surface area (Å²) in [5, 5.41) is 13.3. The van der Waals surface area contributed by atoms with Crippen LogP contribution >= 0.6 is 22.6 Å². The highest BCUT2D eigenvalue weighted by Gasteiger charge is 2.49. The van der Waals surface area contributed by atoms with E-state index < -0.39 is 24.7 Å². The van der Waals surface area contributed by atoms with Crippen molar-refractivity contribution in [2.24, 2.45) is 0 Å². The SMILES string of the molecule is CC(C)[Si](C(C)C)(C(C)C)n1cc(I)c2cccnc21.CCOc1c(C=O)cccc1OCc1ccccc1.CCOc1c(O)cccc1C(=O)c1cn([Si](C(C)C)(C(C)C)C(C)C)c2ncccc12.CCOc1c(OCc2ccccc2)cccc1C(=O)c1cn([Si](C(C)C)(C(C)C)C(C)C)c2ncccc12. The van der Waals surface area contributed by atoms with Gasteiger partial charge in [0.25, 0.3) is 0 Å². The third kappa shape index (κ3) is 17.5. The minimum absolute atomic E-state index is 0.0233. The Bertz CT molecular complexity index is 4710. The molecular weight excluding hydrogens is 1510 g/mol. The first-order valence-corrected chi connectivity index (χ1v) is 46.1. The van der Waals surface area contributed by atoms with Crippen LogP contribution in [0.3, 0.4) is 0 Å². The number of fused-ring (bicyclic) bond motifs is 3. The molecule has 0 spiro atoms. The summed E-state index contributed by atoms with van der Waals surface area (Å²) in [4.78, 5) is 53.3. The molecule has 0 fully saturated rings. The number of ketones is 2. The Kier molecular flexibility index (Phi) is 30.0. The number of hydrogen-bond donors (Lipinski definition) is 1. The van der Waals surface area contributed by atoms with Crippen molar-refractivity contribution < 1.29 is 43.2 Å². The molecule has 1 N–H and O–H groups in total. The number of phenols is 1. The maximum atomic E-state index is 14.3. The molecule has 0 saturated heterocycles. The van der Waals surface area contributed by atoms with Crippen molar-refractivity contribution >= 4 is 98.3 Å². The summed E-state index contributed by atoms with van der Waals surface area (Å²) in [7, 11) is -5.95. The van der Waals surface area contributed by atoms with Gasteiger partial charge >= 0.3 is 0 Å². The molecule has 5 aromatic carbocycles. The number of rotatable bonds is 29. The molecule has 0 bridgehead atoms. The van der Waals surface area contributed by atoms with Crippen LogP contribution in [0.25, 0.3) is 33.1 Å². The number of pyridine rings is 3. The van der Waals surface area contributed by atoms with Gasteiger partial charge in [0.1, 0.15) is 30.2 Å². The lowest BCUT2D eigenvalue weighted by molar-refractivity contribution is 0.102. The predicted octanol–water partition coefficient (Wildman–Crippen LogP) is 23.8. The number of benzene rings is 5. The van der Waals surface area contributed by atoms with E-state index in [0.29, 0.717) is 134 Å².